The molecule has 1 aromatic heterocycles. The molecule has 0 spiro atoms. The summed E-state index contributed by atoms with van der Waals surface area (Å²) in [6.07, 6.45) is 1.79. The van der Waals surface area contributed by atoms with Crippen LogP contribution in [-0.2, 0) is 6.54 Å². The third-order valence-corrected chi connectivity index (χ3v) is 4.26. The second-order valence-electron chi connectivity index (χ2n) is 5.63. The van der Waals surface area contributed by atoms with Crippen molar-refractivity contribution in [2.45, 2.75) is 12.5 Å². The number of hydrogen-bond acceptors (Lipinski definition) is 2. The molecule has 1 atom stereocenters. The second kappa shape index (κ2) is 4.50. The van der Waals surface area contributed by atoms with E-state index in [9.17, 15) is 0 Å². The molecule has 0 N–H and O–H groups in total. The van der Waals surface area contributed by atoms with Gasteiger partial charge in [0.2, 0.25) is 0 Å². The Morgan fingerprint density at radius 3 is 2.75 bits per heavy atom. The topological polar surface area (TPSA) is 16.4 Å². The molecule has 1 unspecified atom stereocenters. The fourth-order valence-electron chi connectivity index (χ4n) is 3.31. The van der Waals surface area contributed by atoms with Gasteiger partial charge in [0.25, 0.3) is 0 Å². The van der Waals surface area contributed by atoms with Crippen molar-refractivity contribution in [1.82, 2.24) is 4.90 Å². The monoisotopic (exact) mass is 263 g/mol. The van der Waals surface area contributed by atoms with E-state index in [-0.39, 0.29) is 0 Å². The molecule has 0 fully saturated rings. The van der Waals surface area contributed by atoms with Crippen LogP contribution in [0.15, 0.2) is 59.2 Å². The first-order chi connectivity index (χ1) is 9.83. The van der Waals surface area contributed by atoms with Gasteiger partial charge in [-0.1, -0.05) is 42.5 Å². The van der Waals surface area contributed by atoms with Crippen molar-refractivity contribution in [2.24, 2.45) is 0 Å². The molecule has 2 heteroatoms. The molecule has 0 amide bonds. The van der Waals surface area contributed by atoms with Crippen LogP contribution in [0, 0.1) is 0 Å². The Labute approximate surface area is 118 Å². The third-order valence-electron chi connectivity index (χ3n) is 4.26. The molecule has 0 saturated heterocycles. The van der Waals surface area contributed by atoms with Crippen LogP contribution in [0.1, 0.15) is 22.6 Å². The number of likely N-dealkylation sites (N-methyl/N-ethyl adjacent to an activating group) is 1. The first-order valence-corrected chi connectivity index (χ1v) is 7.05. The highest BCUT2D eigenvalue weighted by molar-refractivity contribution is 5.82. The van der Waals surface area contributed by atoms with Crippen LogP contribution in [0.25, 0.3) is 11.0 Å². The van der Waals surface area contributed by atoms with Gasteiger partial charge in [0.15, 0.2) is 0 Å². The zero-order valence-electron chi connectivity index (χ0n) is 11.5. The largest absolute Gasteiger partial charge is 0.464 e. The number of nitrogens with zero attached hydrogens (tertiary/aromatic N) is 1. The highest BCUT2D eigenvalue weighted by Gasteiger charge is 2.26. The first-order valence-electron chi connectivity index (χ1n) is 7.05. The zero-order chi connectivity index (χ0) is 13.5. The van der Waals surface area contributed by atoms with Gasteiger partial charge in [-0.05, 0) is 24.2 Å². The number of fused-ring (bicyclic) bond motifs is 3. The molecule has 2 heterocycles. The molecule has 0 aliphatic carbocycles. The minimum Gasteiger partial charge on any atom is -0.464 e. The van der Waals surface area contributed by atoms with Gasteiger partial charge in [0.1, 0.15) is 5.58 Å². The Kier molecular flexibility index (Phi) is 2.64. The molecule has 3 aromatic rings. The van der Waals surface area contributed by atoms with Gasteiger partial charge in [0.05, 0.1) is 6.26 Å². The van der Waals surface area contributed by atoms with E-state index in [0.29, 0.717) is 5.92 Å². The lowest BCUT2D eigenvalue weighted by Gasteiger charge is -2.32. The van der Waals surface area contributed by atoms with Crippen molar-refractivity contribution in [3.8, 4) is 0 Å². The van der Waals surface area contributed by atoms with Crippen LogP contribution in [-0.4, -0.2) is 18.5 Å². The summed E-state index contributed by atoms with van der Waals surface area (Å²) in [4.78, 5) is 2.38. The Hall–Kier alpha value is -2.06. The van der Waals surface area contributed by atoms with Gasteiger partial charge in [0, 0.05) is 30.0 Å². The van der Waals surface area contributed by atoms with Crippen molar-refractivity contribution in [2.75, 3.05) is 13.6 Å². The summed E-state index contributed by atoms with van der Waals surface area (Å²) in [5.74, 6) is 0.430. The summed E-state index contributed by atoms with van der Waals surface area (Å²) in [5.41, 5.74) is 5.19. The van der Waals surface area contributed by atoms with Gasteiger partial charge in [-0.15, -0.1) is 0 Å². The summed E-state index contributed by atoms with van der Waals surface area (Å²) in [6.45, 7) is 2.02. The smallest absolute Gasteiger partial charge is 0.138 e. The van der Waals surface area contributed by atoms with Gasteiger partial charge in [-0.25, -0.2) is 0 Å². The van der Waals surface area contributed by atoms with Crippen LogP contribution in [0.3, 0.4) is 0 Å². The molecule has 2 nitrogen and oxygen atoms in total. The van der Waals surface area contributed by atoms with Crippen LogP contribution < -0.4 is 0 Å². The molecule has 2 aromatic carbocycles. The number of furan rings is 1. The Balaban J connectivity index is 1.92. The minimum absolute atomic E-state index is 0.430. The van der Waals surface area contributed by atoms with Gasteiger partial charge >= 0.3 is 0 Å². The van der Waals surface area contributed by atoms with E-state index in [1.165, 1.54) is 22.1 Å². The standard InChI is InChI=1S/C18H17NO/c1-19-11-16(13-5-3-2-4-6-13)15-8-7-14-9-10-20-18(14)17(15)12-19/h2-10,16H,11-12H2,1H3. The molecule has 20 heavy (non-hydrogen) atoms. The summed E-state index contributed by atoms with van der Waals surface area (Å²) in [5, 5.41) is 1.20. The predicted molar refractivity (Wildman–Crippen MR) is 80.8 cm³/mol. The lowest BCUT2D eigenvalue weighted by molar-refractivity contribution is 0.295. The van der Waals surface area contributed by atoms with E-state index in [2.05, 4.69) is 54.4 Å². The Bertz CT molecular complexity index is 744. The maximum Gasteiger partial charge on any atom is 0.138 e. The molecule has 0 bridgehead atoms. The molecular weight excluding hydrogens is 246 g/mol. The van der Waals surface area contributed by atoms with Crippen molar-refractivity contribution < 1.29 is 4.42 Å². The number of hydrogen-bond donors (Lipinski definition) is 0. The summed E-state index contributed by atoms with van der Waals surface area (Å²) in [7, 11) is 2.18. The summed E-state index contributed by atoms with van der Waals surface area (Å²) >= 11 is 0. The average Bonchev–Trinajstić information content (AvgIpc) is 2.96. The highest BCUT2D eigenvalue weighted by Crippen LogP contribution is 2.36. The minimum atomic E-state index is 0.430. The molecule has 0 radical (unpaired) electrons. The molecule has 100 valence electrons. The van der Waals surface area contributed by atoms with E-state index < -0.39 is 0 Å². The van der Waals surface area contributed by atoms with E-state index in [1.54, 1.807) is 6.26 Å². The van der Waals surface area contributed by atoms with Gasteiger partial charge < -0.3 is 9.32 Å². The van der Waals surface area contributed by atoms with Crippen LogP contribution in [0.2, 0.25) is 0 Å². The predicted octanol–water partition coefficient (Wildman–Crippen LogP) is 4.01. The van der Waals surface area contributed by atoms with E-state index in [1.807, 2.05) is 6.07 Å². The molecule has 1 aliphatic rings. The van der Waals surface area contributed by atoms with Crippen LogP contribution >= 0.6 is 0 Å². The average molecular weight is 263 g/mol. The normalized spacial score (nSPS) is 19.1. The fourth-order valence-corrected chi connectivity index (χ4v) is 3.31. The molecule has 1 aliphatic heterocycles. The van der Waals surface area contributed by atoms with E-state index in [0.717, 1.165) is 18.7 Å². The van der Waals surface area contributed by atoms with Gasteiger partial charge in [-0.3, -0.25) is 0 Å². The molecule has 4 rings (SSSR count). The first kappa shape index (κ1) is 11.7. The van der Waals surface area contributed by atoms with E-state index >= 15 is 0 Å². The van der Waals surface area contributed by atoms with Crippen molar-refractivity contribution in [3.63, 3.8) is 0 Å². The highest BCUT2D eigenvalue weighted by atomic mass is 16.3. The fraction of sp³-hybridized carbons (Fsp3) is 0.222. The van der Waals surface area contributed by atoms with E-state index in [4.69, 9.17) is 4.42 Å². The van der Waals surface area contributed by atoms with Crippen molar-refractivity contribution in [3.05, 3.63) is 71.5 Å². The van der Waals surface area contributed by atoms with Crippen molar-refractivity contribution in [1.29, 1.82) is 0 Å². The van der Waals surface area contributed by atoms with Gasteiger partial charge in [-0.2, -0.15) is 0 Å². The zero-order valence-corrected chi connectivity index (χ0v) is 11.5. The number of rotatable bonds is 1. The summed E-state index contributed by atoms with van der Waals surface area (Å²) in [6, 6.07) is 17.3. The Morgan fingerprint density at radius 2 is 1.90 bits per heavy atom. The quantitative estimate of drug-likeness (QED) is 0.659. The lowest BCUT2D eigenvalue weighted by atomic mass is 9.84. The second-order valence-corrected chi connectivity index (χ2v) is 5.63. The van der Waals surface area contributed by atoms with Crippen molar-refractivity contribution >= 4 is 11.0 Å². The maximum atomic E-state index is 5.72. The number of benzene rings is 2. The maximum absolute atomic E-state index is 5.72. The Morgan fingerprint density at radius 1 is 1.05 bits per heavy atom. The third kappa shape index (κ3) is 1.76. The lowest BCUT2D eigenvalue weighted by Crippen LogP contribution is -2.31. The summed E-state index contributed by atoms with van der Waals surface area (Å²) < 4.78 is 5.72. The van der Waals surface area contributed by atoms with Crippen LogP contribution in [0.4, 0.5) is 0 Å². The van der Waals surface area contributed by atoms with Crippen LogP contribution in [0.5, 0.6) is 0 Å². The molecular formula is C18H17NO. The molecule has 0 saturated carbocycles. The SMILES string of the molecule is CN1Cc2c(ccc3ccoc23)C(c2ccccc2)C1.